The SMILES string of the molecule is NCc1c[c]cc(C=O)c1N. The largest absolute Gasteiger partial charge is 0.398 e. The molecule has 0 aromatic heterocycles. The third kappa shape index (κ3) is 1.38. The van der Waals surface area contributed by atoms with E-state index in [1.165, 1.54) is 0 Å². The molecule has 1 rings (SSSR count). The highest BCUT2D eigenvalue weighted by atomic mass is 16.1. The van der Waals surface area contributed by atoms with Crippen molar-refractivity contribution in [3.63, 3.8) is 0 Å². The predicted molar refractivity (Wildman–Crippen MR) is 43.0 cm³/mol. The number of benzene rings is 1. The molecular weight excluding hydrogens is 140 g/mol. The second kappa shape index (κ2) is 3.16. The fourth-order valence-corrected chi connectivity index (χ4v) is 0.839. The molecule has 0 bridgehead atoms. The van der Waals surface area contributed by atoms with Gasteiger partial charge in [-0.05, 0) is 23.8 Å². The van der Waals surface area contributed by atoms with Crippen molar-refractivity contribution in [3.05, 3.63) is 29.3 Å². The first kappa shape index (κ1) is 7.75. The zero-order valence-electron chi connectivity index (χ0n) is 6.00. The van der Waals surface area contributed by atoms with Crippen LogP contribution in [-0.2, 0) is 6.54 Å². The summed E-state index contributed by atoms with van der Waals surface area (Å²) in [5.74, 6) is 0. The Balaban J connectivity index is 3.20. The molecule has 0 spiro atoms. The highest BCUT2D eigenvalue weighted by molar-refractivity contribution is 5.84. The Labute approximate surface area is 65.0 Å². The molecule has 0 aliphatic carbocycles. The molecule has 0 atom stereocenters. The number of rotatable bonds is 2. The van der Waals surface area contributed by atoms with Crippen LogP contribution in [0.2, 0.25) is 0 Å². The van der Waals surface area contributed by atoms with Crippen molar-refractivity contribution in [1.29, 1.82) is 0 Å². The van der Waals surface area contributed by atoms with Gasteiger partial charge in [-0.2, -0.15) is 0 Å². The highest BCUT2D eigenvalue weighted by Crippen LogP contribution is 2.13. The maximum absolute atomic E-state index is 10.4. The molecule has 57 valence electrons. The number of nitrogens with two attached hydrogens (primary N) is 2. The van der Waals surface area contributed by atoms with E-state index >= 15 is 0 Å². The molecule has 0 aliphatic rings. The van der Waals surface area contributed by atoms with Crippen molar-refractivity contribution < 1.29 is 4.79 Å². The lowest BCUT2D eigenvalue weighted by Gasteiger charge is -2.02. The lowest BCUT2D eigenvalue weighted by molar-refractivity contribution is 0.112. The van der Waals surface area contributed by atoms with Crippen molar-refractivity contribution in [2.75, 3.05) is 5.73 Å². The van der Waals surface area contributed by atoms with Crippen molar-refractivity contribution in [2.45, 2.75) is 6.54 Å². The monoisotopic (exact) mass is 149 g/mol. The van der Waals surface area contributed by atoms with Crippen LogP contribution in [0.3, 0.4) is 0 Å². The van der Waals surface area contributed by atoms with Crippen LogP contribution >= 0.6 is 0 Å². The van der Waals surface area contributed by atoms with Crippen molar-refractivity contribution >= 4 is 12.0 Å². The van der Waals surface area contributed by atoms with Crippen LogP contribution in [0, 0.1) is 6.07 Å². The Morgan fingerprint density at radius 1 is 1.55 bits per heavy atom. The minimum absolute atomic E-state index is 0.337. The van der Waals surface area contributed by atoms with Gasteiger partial charge in [-0.1, -0.05) is 0 Å². The smallest absolute Gasteiger partial charge is 0.152 e. The Morgan fingerprint density at radius 3 is 2.82 bits per heavy atom. The van der Waals surface area contributed by atoms with Gasteiger partial charge in [0.05, 0.1) is 0 Å². The molecule has 0 heterocycles. The maximum Gasteiger partial charge on any atom is 0.152 e. The number of anilines is 1. The standard InChI is InChI=1S/C8H9N2O/c9-4-6-2-1-3-7(5-11)8(6)10/h2-3,5H,4,9-10H2. The van der Waals surface area contributed by atoms with Gasteiger partial charge in [-0.3, -0.25) is 4.79 Å². The fraction of sp³-hybridized carbons (Fsp3) is 0.125. The van der Waals surface area contributed by atoms with Crippen molar-refractivity contribution in [1.82, 2.24) is 0 Å². The molecule has 0 amide bonds. The summed E-state index contributed by atoms with van der Waals surface area (Å²) in [7, 11) is 0. The second-order valence-corrected chi connectivity index (χ2v) is 2.17. The molecule has 1 aromatic carbocycles. The van der Waals surface area contributed by atoms with Gasteiger partial charge in [0.1, 0.15) is 0 Å². The number of hydrogen-bond acceptors (Lipinski definition) is 3. The number of carbonyl (C=O) groups excluding carboxylic acids is 1. The third-order valence-corrected chi connectivity index (χ3v) is 1.50. The number of nitrogen functional groups attached to an aromatic ring is 1. The molecule has 0 fully saturated rings. The van der Waals surface area contributed by atoms with E-state index in [1.807, 2.05) is 0 Å². The van der Waals surface area contributed by atoms with E-state index < -0.39 is 0 Å². The van der Waals surface area contributed by atoms with Gasteiger partial charge in [0.15, 0.2) is 6.29 Å². The topological polar surface area (TPSA) is 69.1 Å². The molecule has 4 N–H and O–H groups in total. The van der Waals surface area contributed by atoms with E-state index in [0.717, 1.165) is 5.56 Å². The zero-order chi connectivity index (χ0) is 8.27. The van der Waals surface area contributed by atoms with Crippen LogP contribution in [0.4, 0.5) is 5.69 Å². The average Bonchev–Trinajstić information content (AvgIpc) is 2.05. The minimum atomic E-state index is 0.337. The van der Waals surface area contributed by atoms with Crippen LogP contribution in [0.25, 0.3) is 0 Å². The summed E-state index contributed by atoms with van der Waals surface area (Å²) in [6, 6.07) is 6.01. The molecule has 3 nitrogen and oxygen atoms in total. The Hall–Kier alpha value is -1.35. The Bertz CT molecular complexity index is 271. The first-order valence-electron chi connectivity index (χ1n) is 3.23. The molecule has 11 heavy (non-hydrogen) atoms. The van der Waals surface area contributed by atoms with Gasteiger partial charge < -0.3 is 11.5 Å². The van der Waals surface area contributed by atoms with Gasteiger partial charge in [-0.25, -0.2) is 0 Å². The van der Waals surface area contributed by atoms with Crippen LogP contribution < -0.4 is 11.5 Å². The van der Waals surface area contributed by atoms with Gasteiger partial charge in [0, 0.05) is 17.8 Å². The predicted octanol–water partition coefficient (Wildman–Crippen LogP) is 0.340. The molecule has 3 heteroatoms. The van der Waals surface area contributed by atoms with Crippen molar-refractivity contribution in [3.8, 4) is 0 Å². The van der Waals surface area contributed by atoms with E-state index in [2.05, 4.69) is 6.07 Å². The number of hydrogen-bond donors (Lipinski definition) is 2. The summed E-state index contributed by atoms with van der Waals surface area (Å²) in [5, 5.41) is 0. The molecule has 0 unspecified atom stereocenters. The third-order valence-electron chi connectivity index (χ3n) is 1.50. The lowest BCUT2D eigenvalue weighted by atomic mass is 10.1. The summed E-state index contributed by atoms with van der Waals surface area (Å²) >= 11 is 0. The first-order valence-corrected chi connectivity index (χ1v) is 3.23. The molecular formula is C8H9N2O. The summed E-state index contributed by atoms with van der Waals surface area (Å²) < 4.78 is 0. The van der Waals surface area contributed by atoms with E-state index in [-0.39, 0.29) is 0 Å². The number of carbonyl (C=O) groups is 1. The molecule has 0 saturated heterocycles. The second-order valence-electron chi connectivity index (χ2n) is 2.17. The van der Waals surface area contributed by atoms with Crippen LogP contribution in [0.5, 0.6) is 0 Å². The lowest BCUT2D eigenvalue weighted by Crippen LogP contribution is -2.03. The molecule has 1 aromatic rings. The van der Waals surface area contributed by atoms with Crippen LogP contribution in [0.15, 0.2) is 12.1 Å². The Morgan fingerprint density at radius 2 is 2.27 bits per heavy atom. The first-order chi connectivity index (χ1) is 5.29. The van der Waals surface area contributed by atoms with Gasteiger partial charge in [0.2, 0.25) is 0 Å². The van der Waals surface area contributed by atoms with E-state index in [1.54, 1.807) is 12.1 Å². The number of aldehydes is 1. The molecule has 1 radical (unpaired) electrons. The van der Waals surface area contributed by atoms with E-state index in [4.69, 9.17) is 11.5 Å². The van der Waals surface area contributed by atoms with E-state index in [9.17, 15) is 4.79 Å². The van der Waals surface area contributed by atoms with Crippen LogP contribution in [0.1, 0.15) is 15.9 Å². The summed E-state index contributed by atoms with van der Waals surface area (Å²) in [4.78, 5) is 10.4. The molecule has 0 aliphatic heterocycles. The normalized spacial score (nSPS) is 9.55. The molecule has 0 saturated carbocycles. The van der Waals surface area contributed by atoms with Crippen LogP contribution in [-0.4, -0.2) is 6.29 Å². The highest BCUT2D eigenvalue weighted by Gasteiger charge is 2.00. The maximum atomic E-state index is 10.4. The zero-order valence-corrected chi connectivity index (χ0v) is 6.00. The van der Waals surface area contributed by atoms with Gasteiger partial charge >= 0.3 is 0 Å². The summed E-state index contributed by atoms with van der Waals surface area (Å²) in [5.41, 5.74) is 12.6. The van der Waals surface area contributed by atoms with E-state index in [0.29, 0.717) is 24.1 Å². The van der Waals surface area contributed by atoms with Gasteiger partial charge in [-0.15, -0.1) is 0 Å². The minimum Gasteiger partial charge on any atom is -0.398 e. The Kier molecular flexibility index (Phi) is 2.23. The average molecular weight is 149 g/mol. The van der Waals surface area contributed by atoms with Gasteiger partial charge in [0.25, 0.3) is 0 Å². The quantitative estimate of drug-likeness (QED) is 0.470. The summed E-state index contributed by atoms with van der Waals surface area (Å²) in [6.07, 6.45) is 0.699. The fourth-order valence-electron chi connectivity index (χ4n) is 0.839. The van der Waals surface area contributed by atoms with Crippen molar-refractivity contribution in [2.24, 2.45) is 5.73 Å². The summed E-state index contributed by atoms with van der Waals surface area (Å²) in [6.45, 7) is 0.337.